The second-order valence-corrected chi connectivity index (χ2v) is 1.43. The van der Waals surface area contributed by atoms with E-state index in [0.717, 1.165) is 4.86 Å². The van der Waals surface area contributed by atoms with Crippen molar-refractivity contribution in [3.8, 4) is 0 Å². The molecule has 0 aliphatic carbocycles. The Labute approximate surface area is 41.6 Å². The lowest BCUT2D eigenvalue weighted by atomic mass is 10.5. The van der Waals surface area contributed by atoms with Gasteiger partial charge in [-0.2, -0.15) is 0 Å². The number of thiocarbonyl (C=S) groups is 1. The quantitative estimate of drug-likeness (QED) is 0.420. The Balaban J connectivity index is 2.59. The fraction of sp³-hybridized carbons (Fsp3) is 0. The van der Waals surface area contributed by atoms with Crippen LogP contribution in [0.2, 0.25) is 0 Å². The van der Waals surface area contributed by atoms with E-state index in [2.05, 4.69) is 17.0 Å². The van der Waals surface area contributed by atoms with Gasteiger partial charge in [-0.25, -0.2) is 0 Å². The lowest BCUT2D eigenvalue weighted by Gasteiger charge is -1.79. The van der Waals surface area contributed by atoms with Crippen LogP contribution in [-0.4, -0.2) is 4.86 Å². The summed E-state index contributed by atoms with van der Waals surface area (Å²) >= 11 is 4.65. The van der Waals surface area contributed by atoms with Crippen LogP contribution in [0.4, 0.5) is 0 Å². The van der Waals surface area contributed by atoms with E-state index < -0.39 is 0 Å². The van der Waals surface area contributed by atoms with Crippen molar-refractivity contribution < 1.29 is 4.74 Å². The van der Waals surface area contributed by atoms with Crippen molar-refractivity contribution in [2.45, 2.75) is 0 Å². The average molecular weight is 99.1 g/mol. The minimum absolute atomic E-state index is 0.759. The van der Waals surface area contributed by atoms with Crippen molar-refractivity contribution >= 4 is 17.1 Å². The van der Waals surface area contributed by atoms with E-state index in [1.54, 1.807) is 12.3 Å². The minimum atomic E-state index is 0.759. The topological polar surface area (TPSA) is 9.23 Å². The van der Waals surface area contributed by atoms with Crippen molar-refractivity contribution in [1.29, 1.82) is 0 Å². The number of rotatable bonds is 0. The molecule has 2 heteroatoms. The summed E-state index contributed by atoms with van der Waals surface area (Å²) in [5.41, 5.74) is 0. The highest BCUT2D eigenvalue weighted by atomic mass is 32.1. The number of hydrogen-bond acceptors (Lipinski definition) is 2. The Bertz CT molecular complexity index is 95.7. The predicted octanol–water partition coefficient (Wildman–Crippen LogP) is 1.06. The molecule has 0 N–H and O–H groups in total. The zero-order chi connectivity index (χ0) is 4.41. The van der Waals surface area contributed by atoms with Crippen LogP contribution in [0.1, 0.15) is 0 Å². The molecular formula is C4H3OS. The Morgan fingerprint density at radius 1 is 1.67 bits per heavy atom. The zero-order valence-electron chi connectivity index (χ0n) is 3.05. The maximum atomic E-state index is 4.65. The molecule has 0 aromatic carbocycles. The van der Waals surface area contributed by atoms with Gasteiger partial charge in [0, 0.05) is 0 Å². The normalized spacial score (nSPS) is 18.3. The molecule has 31 valence electrons. The summed E-state index contributed by atoms with van der Waals surface area (Å²) in [5, 5.41) is 0. The van der Waals surface area contributed by atoms with Gasteiger partial charge in [-0.3, -0.25) is 0 Å². The van der Waals surface area contributed by atoms with Gasteiger partial charge in [0.15, 0.2) is 6.61 Å². The van der Waals surface area contributed by atoms with Crippen LogP contribution in [-0.2, 0) is 4.74 Å². The van der Waals surface area contributed by atoms with Gasteiger partial charge in [-0.1, -0.05) is 12.2 Å². The molecular weight excluding hydrogens is 96.1 g/mol. The SMILES string of the molecule is S=C1[CH]OC=C1. The molecule has 0 atom stereocenters. The van der Waals surface area contributed by atoms with E-state index in [-0.39, 0.29) is 0 Å². The number of hydrogen-bond donors (Lipinski definition) is 0. The fourth-order valence-electron chi connectivity index (χ4n) is 0.252. The van der Waals surface area contributed by atoms with E-state index >= 15 is 0 Å². The molecule has 1 heterocycles. The summed E-state index contributed by atoms with van der Waals surface area (Å²) in [5.74, 6) is 0. The third-order valence-corrected chi connectivity index (χ3v) is 0.727. The van der Waals surface area contributed by atoms with E-state index in [1.165, 1.54) is 6.61 Å². The van der Waals surface area contributed by atoms with E-state index in [9.17, 15) is 0 Å². The molecule has 1 rings (SSSR count). The molecule has 0 fully saturated rings. The lowest BCUT2D eigenvalue weighted by molar-refractivity contribution is 0.380. The molecule has 0 aromatic rings. The molecule has 1 aliphatic heterocycles. The van der Waals surface area contributed by atoms with Crippen LogP contribution in [0, 0.1) is 6.61 Å². The van der Waals surface area contributed by atoms with Gasteiger partial charge in [0.1, 0.15) is 0 Å². The Kier molecular flexibility index (Phi) is 0.881. The highest BCUT2D eigenvalue weighted by Gasteiger charge is 1.95. The summed E-state index contributed by atoms with van der Waals surface area (Å²) in [4.78, 5) is 0.759. The molecule has 0 aromatic heterocycles. The van der Waals surface area contributed by atoms with Crippen LogP contribution in [0.5, 0.6) is 0 Å². The largest absolute Gasteiger partial charge is 0.488 e. The monoisotopic (exact) mass is 99.0 g/mol. The summed E-state index contributed by atoms with van der Waals surface area (Å²) in [6, 6.07) is 0. The summed E-state index contributed by atoms with van der Waals surface area (Å²) in [7, 11) is 0. The van der Waals surface area contributed by atoms with Gasteiger partial charge in [0.05, 0.1) is 11.1 Å². The summed E-state index contributed by atoms with van der Waals surface area (Å²) in [6.07, 6.45) is 3.29. The second-order valence-electron chi connectivity index (χ2n) is 0.959. The molecule has 0 saturated heterocycles. The molecule has 6 heavy (non-hydrogen) atoms. The first-order valence-electron chi connectivity index (χ1n) is 1.59. The second kappa shape index (κ2) is 1.39. The van der Waals surface area contributed by atoms with E-state index in [1.807, 2.05) is 0 Å². The Hall–Kier alpha value is -0.370. The predicted molar refractivity (Wildman–Crippen MR) is 27.1 cm³/mol. The van der Waals surface area contributed by atoms with Crippen molar-refractivity contribution in [1.82, 2.24) is 0 Å². The van der Waals surface area contributed by atoms with Crippen LogP contribution < -0.4 is 0 Å². The summed E-state index contributed by atoms with van der Waals surface area (Å²) in [6.45, 7) is 1.52. The van der Waals surface area contributed by atoms with Gasteiger partial charge < -0.3 is 4.74 Å². The van der Waals surface area contributed by atoms with Crippen molar-refractivity contribution in [3.63, 3.8) is 0 Å². The Morgan fingerprint density at radius 2 is 2.50 bits per heavy atom. The van der Waals surface area contributed by atoms with Crippen LogP contribution >= 0.6 is 12.2 Å². The third kappa shape index (κ3) is 0.571. The van der Waals surface area contributed by atoms with E-state index in [0.29, 0.717) is 0 Å². The molecule has 1 nitrogen and oxygen atoms in total. The van der Waals surface area contributed by atoms with Crippen molar-refractivity contribution in [2.24, 2.45) is 0 Å². The first kappa shape index (κ1) is 3.81. The van der Waals surface area contributed by atoms with Crippen LogP contribution in [0.25, 0.3) is 0 Å². The molecule has 1 aliphatic rings. The maximum Gasteiger partial charge on any atom is 0.175 e. The van der Waals surface area contributed by atoms with Gasteiger partial charge in [0.2, 0.25) is 0 Å². The molecule has 0 bridgehead atoms. The zero-order valence-corrected chi connectivity index (χ0v) is 3.87. The van der Waals surface area contributed by atoms with Crippen molar-refractivity contribution in [3.05, 3.63) is 18.9 Å². The molecule has 0 spiro atoms. The number of ether oxygens (including phenoxy) is 1. The molecule has 0 amide bonds. The molecule has 0 saturated carbocycles. The minimum Gasteiger partial charge on any atom is -0.488 e. The first-order chi connectivity index (χ1) is 2.89. The fourth-order valence-corrected chi connectivity index (χ4v) is 0.363. The first-order valence-corrected chi connectivity index (χ1v) is 1.99. The summed E-state index contributed by atoms with van der Waals surface area (Å²) < 4.78 is 4.61. The highest BCUT2D eigenvalue weighted by molar-refractivity contribution is 7.81. The van der Waals surface area contributed by atoms with E-state index in [4.69, 9.17) is 0 Å². The third-order valence-electron chi connectivity index (χ3n) is 0.495. The molecule has 0 unspecified atom stereocenters. The van der Waals surface area contributed by atoms with Crippen molar-refractivity contribution in [2.75, 3.05) is 0 Å². The Morgan fingerprint density at radius 3 is 2.67 bits per heavy atom. The van der Waals surface area contributed by atoms with Gasteiger partial charge >= 0.3 is 0 Å². The molecule has 1 radical (unpaired) electrons. The van der Waals surface area contributed by atoms with Gasteiger partial charge in [0.25, 0.3) is 0 Å². The van der Waals surface area contributed by atoms with Gasteiger partial charge in [-0.15, -0.1) is 0 Å². The lowest BCUT2D eigenvalue weighted by Crippen LogP contribution is -1.79. The smallest absolute Gasteiger partial charge is 0.175 e. The van der Waals surface area contributed by atoms with Crippen LogP contribution in [0.15, 0.2) is 12.3 Å². The van der Waals surface area contributed by atoms with Crippen LogP contribution in [0.3, 0.4) is 0 Å². The van der Waals surface area contributed by atoms with Gasteiger partial charge in [-0.05, 0) is 6.08 Å². The highest BCUT2D eigenvalue weighted by Crippen LogP contribution is 1.98. The standard InChI is InChI=1S/C4H3OS/c6-4-1-2-5-3-4/h1-3H. The average Bonchev–Trinajstić information content (AvgIpc) is 1.86. The maximum absolute atomic E-state index is 4.65.